The summed E-state index contributed by atoms with van der Waals surface area (Å²) in [6.07, 6.45) is -15.9. The second-order valence-electron chi connectivity index (χ2n) is 6.33. The number of hydrogen-bond donors (Lipinski definition) is 7. The molecule has 7 N–H and O–H groups in total. The Bertz CT molecular complexity index is 583. The Morgan fingerprint density at radius 1 is 0.852 bits per heavy atom. The molecule has 2 aliphatic heterocycles. The molecule has 0 unspecified atom stereocenters. The molecule has 0 aromatic carbocycles. The average molecular weight is 420 g/mol. The molecular formula is C13H24O13S. The smallest absolute Gasteiger partial charge is 0.264 e. The van der Waals surface area contributed by atoms with Crippen LogP contribution in [0.4, 0.5) is 0 Å². The molecular weight excluding hydrogens is 396 g/mol. The van der Waals surface area contributed by atoms with Gasteiger partial charge in [-0.3, -0.25) is 4.18 Å². The Hall–Kier alpha value is -0.490. The van der Waals surface area contributed by atoms with E-state index in [0.717, 1.165) is 6.26 Å². The third-order valence-corrected chi connectivity index (χ3v) is 4.81. The lowest BCUT2D eigenvalue weighted by atomic mass is 9.97. The molecule has 10 atom stereocenters. The zero-order chi connectivity index (χ0) is 20.5. The predicted octanol–water partition coefficient (Wildman–Crippen LogP) is -5.41. The van der Waals surface area contributed by atoms with Gasteiger partial charge in [0, 0.05) is 0 Å². The van der Waals surface area contributed by atoms with Gasteiger partial charge in [-0.05, 0) is 0 Å². The van der Waals surface area contributed by atoms with Gasteiger partial charge >= 0.3 is 0 Å². The molecule has 14 heteroatoms. The molecule has 2 heterocycles. The van der Waals surface area contributed by atoms with Crippen LogP contribution < -0.4 is 0 Å². The van der Waals surface area contributed by atoms with Crippen LogP contribution in [0.15, 0.2) is 0 Å². The summed E-state index contributed by atoms with van der Waals surface area (Å²) in [6, 6.07) is 0. The van der Waals surface area contributed by atoms with Crippen LogP contribution in [0.2, 0.25) is 0 Å². The summed E-state index contributed by atoms with van der Waals surface area (Å²) in [6.45, 7) is -1.43. The largest absolute Gasteiger partial charge is 0.394 e. The van der Waals surface area contributed by atoms with Gasteiger partial charge in [-0.15, -0.1) is 0 Å². The van der Waals surface area contributed by atoms with Crippen molar-refractivity contribution in [3.8, 4) is 0 Å². The van der Waals surface area contributed by atoms with Crippen molar-refractivity contribution in [1.82, 2.24) is 0 Å². The van der Waals surface area contributed by atoms with Crippen molar-refractivity contribution in [3.05, 3.63) is 0 Å². The fraction of sp³-hybridized carbons (Fsp3) is 1.00. The van der Waals surface area contributed by atoms with Crippen molar-refractivity contribution in [2.24, 2.45) is 0 Å². The van der Waals surface area contributed by atoms with Gasteiger partial charge in [-0.2, -0.15) is 8.42 Å². The Kier molecular flexibility index (Phi) is 7.51. The first-order chi connectivity index (χ1) is 12.5. The summed E-state index contributed by atoms with van der Waals surface area (Å²) in [7, 11) is -3.89. The number of ether oxygens (including phenoxy) is 3. The van der Waals surface area contributed by atoms with Crippen LogP contribution in [0.25, 0.3) is 0 Å². The Morgan fingerprint density at radius 2 is 1.48 bits per heavy atom. The maximum Gasteiger partial charge on any atom is 0.264 e. The van der Waals surface area contributed by atoms with E-state index >= 15 is 0 Å². The molecule has 27 heavy (non-hydrogen) atoms. The summed E-state index contributed by atoms with van der Waals surface area (Å²) in [5, 5.41) is 68.4. The van der Waals surface area contributed by atoms with Gasteiger partial charge in [0.2, 0.25) is 0 Å². The standard InChI is InChI=1S/C13H24O13S/c1-27(21,22)23-3-5-6(15)7(16)10(19)13(25-5)26-11-4(2-14)24-12(20)9(18)8(11)17/h4-20H,2-3H2,1H3/t4-,5-,6-,7+,8-,9-,10-,11-,12-,13+/m1/s1. The molecule has 0 spiro atoms. The number of hydrogen-bond acceptors (Lipinski definition) is 13. The molecule has 0 aromatic rings. The van der Waals surface area contributed by atoms with Crippen molar-refractivity contribution >= 4 is 10.1 Å². The van der Waals surface area contributed by atoms with Crippen molar-refractivity contribution in [1.29, 1.82) is 0 Å². The first kappa shape index (κ1) is 22.8. The van der Waals surface area contributed by atoms with Crippen molar-refractivity contribution < 1.29 is 62.6 Å². The third kappa shape index (κ3) is 5.31. The lowest BCUT2D eigenvalue weighted by molar-refractivity contribution is -0.354. The topological polar surface area (TPSA) is 213 Å². The van der Waals surface area contributed by atoms with Crippen LogP contribution in [0.3, 0.4) is 0 Å². The van der Waals surface area contributed by atoms with Crippen LogP contribution >= 0.6 is 0 Å². The minimum absolute atomic E-state index is 0.696. The molecule has 0 saturated carbocycles. The number of aliphatic hydroxyl groups excluding tert-OH is 7. The monoisotopic (exact) mass is 420 g/mol. The summed E-state index contributed by atoms with van der Waals surface area (Å²) < 4.78 is 42.1. The van der Waals surface area contributed by atoms with Crippen LogP contribution in [-0.4, -0.2) is 125 Å². The van der Waals surface area contributed by atoms with Gasteiger partial charge in [0.05, 0.1) is 19.5 Å². The highest BCUT2D eigenvalue weighted by atomic mass is 32.2. The second kappa shape index (κ2) is 8.89. The fourth-order valence-electron chi connectivity index (χ4n) is 2.75. The van der Waals surface area contributed by atoms with Gasteiger partial charge in [0.15, 0.2) is 12.6 Å². The van der Waals surface area contributed by atoms with Crippen LogP contribution in [-0.2, 0) is 28.5 Å². The molecule has 160 valence electrons. The molecule has 0 bridgehead atoms. The van der Waals surface area contributed by atoms with Gasteiger partial charge < -0.3 is 50.0 Å². The van der Waals surface area contributed by atoms with E-state index in [-0.39, 0.29) is 0 Å². The van der Waals surface area contributed by atoms with Crippen LogP contribution in [0, 0.1) is 0 Å². The number of aliphatic hydroxyl groups is 7. The first-order valence-corrected chi connectivity index (χ1v) is 9.78. The van der Waals surface area contributed by atoms with Gasteiger partial charge in [-0.25, -0.2) is 0 Å². The molecule has 2 saturated heterocycles. The van der Waals surface area contributed by atoms with Crippen molar-refractivity contribution in [2.75, 3.05) is 19.5 Å². The lowest BCUT2D eigenvalue weighted by Gasteiger charge is -2.45. The van der Waals surface area contributed by atoms with Crippen LogP contribution in [0.1, 0.15) is 0 Å². The van der Waals surface area contributed by atoms with Gasteiger partial charge in [0.1, 0.15) is 48.8 Å². The molecule has 2 rings (SSSR count). The summed E-state index contributed by atoms with van der Waals surface area (Å²) >= 11 is 0. The summed E-state index contributed by atoms with van der Waals surface area (Å²) in [5.41, 5.74) is 0. The van der Waals surface area contributed by atoms with Crippen molar-refractivity contribution in [2.45, 2.75) is 61.4 Å². The Labute approximate surface area is 154 Å². The zero-order valence-electron chi connectivity index (χ0n) is 14.2. The highest BCUT2D eigenvalue weighted by Crippen LogP contribution is 2.28. The fourth-order valence-corrected chi connectivity index (χ4v) is 3.13. The van der Waals surface area contributed by atoms with E-state index in [9.17, 15) is 44.2 Å². The highest BCUT2D eigenvalue weighted by Gasteiger charge is 2.50. The third-order valence-electron chi connectivity index (χ3n) is 4.25. The van der Waals surface area contributed by atoms with E-state index in [2.05, 4.69) is 4.18 Å². The maximum absolute atomic E-state index is 11.1. The van der Waals surface area contributed by atoms with Crippen LogP contribution in [0.5, 0.6) is 0 Å². The summed E-state index contributed by atoms with van der Waals surface area (Å²) in [5.74, 6) is 0. The quantitative estimate of drug-likeness (QED) is 0.200. The summed E-state index contributed by atoms with van der Waals surface area (Å²) in [4.78, 5) is 0. The molecule has 2 fully saturated rings. The lowest BCUT2D eigenvalue weighted by Crippen LogP contribution is -2.64. The van der Waals surface area contributed by atoms with E-state index in [4.69, 9.17) is 14.2 Å². The Morgan fingerprint density at radius 3 is 2.04 bits per heavy atom. The van der Waals surface area contributed by atoms with Gasteiger partial charge in [-0.1, -0.05) is 0 Å². The zero-order valence-corrected chi connectivity index (χ0v) is 15.0. The SMILES string of the molecule is CS(=O)(=O)OC[C@H]1O[C@@H](O[C@H]2[C@H](O)[C@@H](O)[C@H](O)O[C@@H]2CO)[C@H](O)[C@@H](O)[C@@H]1O. The highest BCUT2D eigenvalue weighted by molar-refractivity contribution is 7.85. The minimum atomic E-state index is -3.89. The second-order valence-corrected chi connectivity index (χ2v) is 7.98. The molecule has 2 aliphatic rings. The first-order valence-electron chi connectivity index (χ1n) is 7.96. The average Bonchev–Trinajstić information content (AvgIpc) is 2.60. The molecule has 0 amide bonds. The number of rotatable bonds is 6. The minimum Gasteiger partial charge on any atom is -0.394 e. The maximum atomic E-state index is 11.1. The van der Waals surface area contributed by atoms with E-state index in [1.807, 2.05) is 0 Å². The Balaban J connectivity index is 2.12. The molecule has 0 aliphatic carbocycles. The molecule has 13 nitrogen and oxygen atoms in total. The molecule has 0 aromatic heterocycles. The van der Waals surface area contributed by atoms with E-state index in [1.165, 1.54) is 0 Å². The normalized spacial score (nSPS) is 46.4. The van der Waals surface area contributed by atoms with E-state index in [0.29, 0.717) is 0 Å². The molecule has 0 radical (unpaired) electrons. The predicted molar refractivity (Wildman–Crippen MR) is 82.3 cm³/mol. The van der Waals surface area contributed by atoms with E-state index < -0.39 is 84.7 Å². The van der Waals surface area contributed by atoms with Gasteiger partial charge in [0.25, 0.3) is 10.1 Å². The van der Waals surface area contributed by atoms with E-state index in [1.54, 1.807) is 0 Å². The van der Waals surface area contributed by atoms with Crippen molar-refractivity contribution in [3.63, 3.8) is 0 Å².